The molecule has 3 rings (SSSR count). The number of methoxy groups -OCH3 is 2. The number of carbonyl (C=O) groups excluding carboxylic acids is 1. The lowest BCUT2D eigenvalue weighted by atomic mass is 9.89. The summed E-state index contributed by atoms with van der Waals surface area (Å²) in [4.78, 5) is 12.8. The van der Waals surface area contributed by atoms with Gasteiger partial charge in [-0.05, 0) is 62.7 Å². The van der Waals surface area contributed by atoms with E-state index >= 15 is 0 Å². The van der Waals surface area contributed by atoms with Crippen molar-refractivity contribution in [3.63, 3.8) is 0 Å². The quantitative estimate of drug-likeness (QED) is 0.899. The molecule has 0 aromatic heterocycles. The maximum atomic E-state index is 12.8. The second kappa shape index (κ2) is 6.90. The minimum atomic E-state index is -0.366. The third-order valence-electron chi connectivity index (χ3n) is 4.64. The highest BCUT2D eigenvalue weighted by atomic mass is 16.5. The van der Waals surface area contributed by atoms with Crippen molar-refractivity contribution in [2.24, 2.45) is 0 Å². The Morgan fingerprint density at radius 3 is 2.58 bits per heavy atom. The van der Waals surface area contributed by atoms with Gasteiger partial charge in [-0.1, -0.05) is 0 Å². The van der Waals surface area contributed by atoms with Crippen LogP contribution in [0.25, 0.3) is 0 Å². The second-order valence-electron chi connectivity index (χ2n) is 7.18. The van der Waals surface area contributed by atoms with E-state index in [4.69, 9.17) is 14.2 Å². The van der Waals surface area contributed by atoms with Gasteiger partial charge in [0, 0.05) is 17.5 Å². The number of benzene rings is 2. The summed E-state index contributed by atoms with van der Waals surface area (Å²) in [7, 11) is 3.25. The largest absolute Gasteiger partial charge is 0.497 e. The molecule has 0 bridgehead atoms. The van der Waals surface area contributed by atoms with E-state index in [9.17, 15) is 4.79 Å². The van der Waals surface area contributed by atoms with Crippen molar-refractivity contribution >= 4 is 5.91 Å². The van der Waals surface area contributed by atoms with E-state index in [1.165, 1.54) is 0 Å². The van der Waals surface area contributed by atoms with E-state index in [-0.39, 0.29) is 17.6 Å². The summed E-state index contributed by atoms with van der Waals surface area (Å²) in [6, 6.07) is 11.0. The van der Waals surface area contributed by atoms with Crippen LogP contribution in [0, 0.1) is 6.92 Å². The highest BCUT2D eigenvalue weighted by molar-refractivity contribution is 5.95. The van der Waals surface area contributed by atoms with Gasteiger partial charge in [-0.3, -0.25) is 4.79 Å². The van der Waals surface area contributed by atoms with Crippen molar-refractivity contribution in [1.82, 2.24) is 5.32 Å². The molecule has 1 aliphatic rings. The number of ether oxygens (including phenoxy) is 3. The molecule has 0 saturated heterocycles. The van der Waals surface area contributed by atoms with Crippen molar-refractivity contribution in [2.45, 2.75) is 38.8 Å². The minimum absolute atomic E-state index is 0.118. The van der Waals surface area contributed by atoms with Gasteiger partial charge in [0.15, 0.2) is 0 Å². The molecule has 1 atom stereocenters. The number of amides is 1. The molecular weight excluding hydrogens is 330 g/mol. The van der Waals surface area contributed by atoms with Crippen LogP contribution in [-0.2, 0) is 0 Å². The SMILES string of the molecule is COc1ccc2c(c1)[C@@H](NC(=O)c1ccc(OC)c(C)c1)CC(C)(C)O2. The molecule has 1 amide bonds. The van der Waals surface area contributed by atoms with Crippen LogP contribution in [0.4, 0.5) is 0 Å². The standard InChI is InChI=1S/C21H25NO4/c1-13-10-14(6-8-18(13)25-5)20(23)22-17-12-21(2,3)26-19-9-7-15(24-4)11-16(17)19/h6-11,17H,12H2,1-5H3,(H,22,23)/t17-/m0/s1. The third kappa shape index (κ3) is 3.62. The molecule has 0 unspecified atom stereocenters. The number of rotatable bonds is 4. The van der Waals surface area contributed by atoms with Gasteiger partial charge < -0.3 is 19.5 Å². The van der Waals surface area contributed by atoms with Gasteiger partial charge in [-0.25, -0.2) is 0 Å². The zero-order valence-corrected chi connectivity index (χ0v) is 15.9. The number of aryl methyl sites for hydroxylation is 1. The lowest BCUT2D eigenvalue weighted by molar-refractivity contribution is 0.0618. The van der Waals surface area contributed by atoms with Crippen molar-refractivity contribution in [3.8, 4) is 17.2 Å². The van der Waals surface area contributed by atoms with Gasteiger partial charge in [0.2, 0.25) is 0 Å². The van der Waals surface area contributed by atoms with Crippen molar-refractivity contribution in [2.75, 3.05) is 14.2 Å². The first-order valence-corrected chi connectivity index (χ1v) is 8.65. The molecule has 26 heavy (non-hydrogen) atoms. The summed E-state index contributed by atoms with van der Waals surface area (Å²) >= 11 is 0. The molecule has 138 valence electrons. The second-order valence-corrected chi connectivity index (χ2v) is 7.18. The predicted molar refractivity (Wildman–Crippen MR) is 100 cm³/mol. The van der Waals surface area contributed by atoms with Gasteiger partial charge in [-0.2, -0.15) is 0 Å². The van der Waals surface area contributed by atoms with Crippen LogP contribution in [0.1, 0.15) is 47.8 Å². The van der Waals surface area contributed by atoms with Gasteiger partial charge in [-0.15, -0.1) is 0 Å². The van der Waals surface area contributed by atoms with Crippen LogP contribution in [0.15, 0.2) is 36.4 Å². The molecule has 0 radical (unpaired) electrons. The molecule has 0 aliphatic carbocycles. The number of nitrogens with one attached hydrogen (secondary N) is 1. The lowest BCUT2D eigenvalue weighted by Gasteiger charge is -2.38. The van der Waals surface area contributed by atoms with E-state index in [2.05, 4.69) is 5.32 Å². The Balaban J connectivity index is 1.89. The minimum Gasteiger partial charge on any atom is -0.497 e. The van der Waals surface area contributed by atoms with E-state index in [0.29, 0.717) is 12.0 Å². The molecule has 0 fully saturated rings. The fourth-order valence-corrected chi connectivity index (χ4v) is 3.35. The first-order chi connectivity index (χ1) is 12.3. The summed E-state index contributed by atoms with van der Waals surface area (Å²) in [5, 5.41) is 3.15. The van der Waals surface area contributed by atoms with Crippen molar-refractivity contribution in [1.29, 1.82) is 0 Å². The molecule has 2 aromatic carbocycles. The van der Waals surface area contributed by atoms with Gasteiger partial charge in [0.25, 0.3) is 5.91 Å². The Morgan fingerprint density at radius 2 is 1.92 bits per heavy atom. The Morgan fingerprint density at radius 1 is 1.15 bits per heavy atom. The van der Waals surface area contributed by atoms with Gasteiger partial charge >= 0.3 is 0 Å². The van der Waals surface area contributed by atoms with Crippen LogP contribution in [0.2, 0.25) is 0 Å². The molecule has 0 saturated carbocycles. The summed E-state index contributed by atoms with van der Waals surface area (Å²) < 4.78 is 16.7. The fourth-order valence-electron chi connectivity index (χ4n) is 3.35. The smallest absolute Gasteiger partial charge is 0.251 e. The monoisotopic (exact) mass is 355 g/mol. The molecule has 1 heterocycles. The summed E-state index contributed by atoms with van der Waals surface area (Å²) in [5.41, 5.74) is 2.10. The van der Waals surface area contributed by atoms with Crippen LogP contribution in [0.3, 0.4) is 0 Å². The van der Waals surface area contributed by atoms with E-state index in [1.807, 2.05) is 51.1 Å². The van der Waals surface area contributed by atoms with E-state index in [1.54, 1.807) is 20.3 Å². The summed E-state index contributed by atoms with van der Waals surface area (Å²) in [6.45, 7) is 5.97. The highest BCUT2D eigenvalue weighted by Crippen LogP contribution is 2.41. The van der Waals surface area contributed by atoms with E-state index < -0.39 is 0 Å². The molecule has 5 heteroatoms. The average molecular weight is 355 g/mol. The summed E-state index contributed by atoms with van der Waals surface area (Å²) in [5.74, 6) is 2.17. The molecule has 5 nitrogen and oxygen atoms in total. The fraction of sp³-hybridized carbons (Fsp3) is 0.381. The van der Waals surface area contributed by atoms with Gasteiger partial charge in [0.1, 0.15) is 22.8 Å². The zero-order chi connectivity index (χ0) is 18.9. The number of hydrogen-bond acceptors (Lipinski definition) is 4. The zero-order valence-electron chi connectivity index (χ0n) is 15.9. The first-order valence-electron chi connectivity index (χ1n) is 8.65. The molecule has 2 aromatic rings. The highest BCUT2D eigenvalue weighted by Gasteiger charge is 2.35. The maximum Gasteiger partial charge on any atom is 0.251 e. The van der Waals surface area contributed by atoms with Crippen molar-refractivity contribution in [3.05, 3.63) is 53.1 Å². The molecular formula is C21H25NO4. The number of fused-ring (bicyclic) bond motifs is 1. The number of hydrogen-bond donors (Lipinski definition) is 1. The predicted octanol–water partition coefficient (Wildman–Crippen LogP) is 4.04. The molecule has 0 spiro atoms. The average Bonchev–Trinajstić information content (AvgIpc) is 2.60. The Labute approximate surface area is 154 Å². The first kappa shape index (κ1) is 18.1. The summed E-state index contributed by atoms with van der Waals surface area (Å²) in [6.07, 6.45) is 0.675. The van der Waals surface area contributed by atoms with Gasteiger partial charge in [0.05, 0.1) is 20.3 Å². The molecule has 1 aliphatic heterocycles. The Bertz CT molecular complexity index is 829. The van der Waals surface area contributed by atoms with E-state index in [0.717, 1.165) is 28.4 Å². The van der Waals surface area contributed by atoms with Crippen LogP contribution >= 0.6 is 0 Å². The number of carbonyl (C=O) groups is 1. The Kier molecular flexibility index (Phi) is 4.81. The maximum absolute atomic E-state index is 12.8. The normalized spacial score (nSPS) is 17.7. The Hall–Kier alpha value is -2.69. The van der Waals surface area contributed by atoms with Crippen LogP contribution in [0.5, 0.6) is 17.2 Å². The van der Waals surface area contributed by atoms with Crippen LogP contribution < -0.4 is 19.5 Å². The lowest BCUT2D eigenvalue weighted by Crippen LogP contribution is -2.41. The molecule has 1 N–H and O–H groups in total. The van der Waals surface area contributed by atoms with Crippen molar-refractivity contribution < 1.29 is 19.0 Å². The topological polar surface area (TPSA) is 56.8 Å². The van der Waals surface area contributed by atoms with Crippen LogP contribution in [-0.4, -0.2) is 25.7 Å². The third-order valence-corrected chi connectivity index (χ3v) is 4.64.